The molecule has 0 fully saturated rings. The maximum absolute atomic E-state index is 2.33. The molecule has 0 radical (unpaired) electrons. The van der Waals surface area contributed by atoms with Crippen molar-refractivity contribution in [3.63, 3.8) is 0 Å². The minimum atomic E-state index is 1.33. The largest absolute Gasteiger partial charge is 0.0616 e. The molecule has 0 aliphatic heterocycles. The molecule has 0 atom stereocenters. The van der Waals surface area contributed by atoms with Crippen LogP contribution in [0.1, 0.15) is 22.3 Å². The van der Waals surface area contributed by atoms with E-state index in [1.807, 2.05) is 0 Å². The summed E-state index contributed by atoms with van der Waals surface area (Å²) in [6.45, 7) is 8.93. The van der Waals surface area contributed by atoms with Crippen LogP contribution >= 0.6 is 0 Å². The standard InChI is InChI=1S/C18H18/c1-11-12(2)14(4)18-10-16-8-6-5-7-15(16)9-17(18)13(11)3/h5-10H,1-4H3. The summed E-state index contributed by atoms with van der Waals surface area (Å²) in [6, 6.07) is 13.3. The molecule has 3 aromatic rings. The molecular weight excluding hydrogens is 216 g/mol. The maximum atomic E-state index is 2.33. The van der Waals surface area contributed by atoms with Crippen molar-refractivity contribution >= 4 is 21.5 Å². The van der Waals surface area contributed by atoms with Crippen LogP contribution in [-0.4, -0.2) is 0 Å². The Balaban J connectivity index is 2.58. The van der Waals surface area contributed by atoms with Crippen LogP contribution in [0.2, 0.25) is 0 Å². The second-order valence-corrected chi connectivity index (χ2v) is 5.24. The summed E-state index contributed by atoms with van der Waals surface area (Å²) in [5, 5.41) is 5.45. The fourth-order valence-corrected chi connectivity index (χ4v) is 2.83. The van der Waals surface area contributed by atoms with Gasteiger partial charge < -0.3 is 0 Å². The van der Waals surface area contributed by atoms with E-state index < -0.39 is 0 Å². The van der Waals surface area contributed by atoms with E-state index >= 15 is 0 Å². The van der Waals surface area contributed by atoms with Crippen LogP contribution in [0.25, 0.3) is 21.5 Å². The van der Waals surface area contributed by atoms with E-state index in [0.717, 1.165) is 0 Å². The lowest BCUT2D eigenvalue weighted by Crippen LogP contribution is -1.94. The highest BCUT2D eigenvalue weighted by Crippen LogP contribution is 2.32. The average Bonchev–Trinajstić information content (AvgIpc) is 2.41. The van der Waals surface area contributed by atoms with Crippen LogP contribution in [0.15, 0.2) is 36.4 Å². The highest BCUT2D eigenvalue weighted by molar-refractivity contribution is 6.01. The van der Waals surface area contributed by atoms with Crippen molar-refractivity contribution in [3.05, 3.63) is 58.7 Å². The molecule has 0 aromatic heterocycles. The highest BCUT2D eigenvalue weighted by atomic mass is 14.1. The fraction of sp³-hybridized carbons (Fsp3) is 0.222. The Labute approximate surface area is 108 Å². The smallest absolute Gasteiger partial charge is 0.0143 e. The van der Waals surface area contributed by atoms with Gasteiger partial charge >= 0.3 is 0 Å². The van der Waals surface area contributed by atoms with Crippen LogP contribution in [0, 0.1) is 27.7 Å². The zero-order valence-corrected chi connectivity index (χ0v) is 11.5. The lowest BCUT2D eigenvalue weighted by atomic mass is 9.90. The van der Waals surface area contributed by atoms with Crippen molar-refractivity contribution in [3.8, 4) is 0 Å². The van der Waals surface area contributed by atoms with Crippen molar-refractivity contribution in [2.24, 2.45) is 0 Å². The number of fused-ring (bicyclic) bond motifs is 2. The molecule has 0 saturated carbocycles. The van der Waals surface area contributed by atoms with Crippen molar-refractivity contribution in [1.29, 1.82) is 0 Å². The molecule has 0 aliphatic carbocycles. The molecule has 0 N–H and O–H groups in total. The number of benzene rings is 3. The Hall–Kier alpha value is -1.82. The second-order valence-electron chi connectivity index (χ2n) is 5.24. The number of hydrogen-bond acceptors (Lipinski definition) is 0. The van der Waals surface area contributed by atoms with Gasteiger partial charge in [0, 0.05) is 0 Å². The Morgan fingerprint density at radius 1 is 0.556 bits per heavy atom. The monoisotopic (exact) mass is 234 g/mol. The molecule has 0 nitrogen and oxygen atoms in total. The Morgan fingerprint density at radius 2 is 0.944 bits per heavy atom. The first-order chi connectivity index (χ1) is 8.59. The molecule has 3 aromatic carbocycles. The lowest BCUT2D eigenvalue weighted by molar-refractivity contribution is 1.25. The molecule has 0 unspecified atom stereocenters. The molecule has 0 amide bonds. The quantitative estimate of drug-likeness (QED) is 0.467. The van der Waals surface area contributed by atoms with E-state index in [4.69, 9.17) is 0 Å². The van der Waals surface area contributed by atoms with Crippen LogP contribution < -0.4 is 0 Å². The van der Waals surface area contributed by atoms with E-state index in [1.54, 1.807) is 0 Å². The summed E-state index contributed by atoms with van der Waals surface area (Å²) in [5.41, 5.74) is 5.68. The molecule has 0 heterocycles. The van der Waals surface area contributed by atoms with E-state index in [2.05, 4.69) is 64.1 Å². The Kier molecular flexibility index (Phi) is 2.41. The van der Waals surface area contributed by atoms with Crippen LogP contribution in [0.3, 0.4) is 0 Å². The number of hydrogen-bond donors (Lipinski definition) is 0. The third-order valence-electron chi connectivity index (χ3n) is 4.38. The lowest BCUT2D eigenvalue weighted by Gasteiger charge is -2.15. The fourth-order valence-electron chi connectivity index (χ4n) is 2.83. The normalized spacial score (nSPS) is 11.3. The average molecular weight is 234 g/mol. The van der Waals surface area contributed by atoms with Gasteiger partial charge in [0.1, 0.15) is 0 Å². The van der Waals surface area contributed by atoms with Crippen LogP contribution in [0.5, 0.6) is 0 Å². The van der Waals surface area contributed by atoms with Gasteiger partial charge in [-0.3, -0.25) is 0 Å². The van der Waals surface area contributed by atoms with Crippen molar-refractivity contribution in [2.45, 2.75) is 27.7 Å². The second kappa shape index (κ2) is 3.84. The third-order valence-corrected chi connectivity index (χ3v) is 4.38. The first kappa shape index (κ1) is 11.3. The minimum Gasteiger partial charge on any atom is -0.0616 e. The summed E-state index contributed by atoms with van der Waals surface area (Å²) in [5.74, 6) is 0. The predicted molar refractivity (Wildman–Crippen MR) is 80.4 cm³/mol. The molecule has 0 bridgehead atoms. The molecule has 90 valence electrons. The Bertz CT molecular complexity index is 698. The zero-order valence-electron chi connectivity index (χ0n) is 11.5. The molecule has 0 saturated heterocycles. The molecule has 3 rings (SSSR count). The SMILES string of the molecule is Cc1c(C)c(C)c2cc3ccccc3cc2c1C. The summed E-state index contributed by atoms with van der Waals surface area (Å²) in [4.78, 5) is 0. The van der Waals surface area contributed by atoms with Gasteiger partial charge in [-0.1, -0.05) is 24.3 Å². The van der Waals surface area contributed by atoms with E-state index in [9.17, 15) is 0 Å². The van der Waals surface area contributed by atoms with Crippen molar-refractivity contribution in [2.75, 3.05) is 0 Å². The molecule has 18 heavy (non-hydrogen) atoms. The first-order valence-corrected chi connectivity index (χ1v) is 6.48. The topological polar surface area (TPSA) is 0 Å². The summed E-state index contributed by atoms with van der Waals surface area (Å²) in [7, 11) is 0. The van der Waals surface area contributed by atoms with Gasteiger partial charge in [0.25, 0.3) is 0 Å². The molecule has 0 heteroatoms. The highest BCUT2D eigenvalue weighted by Gasteiger charge is 2.09. The van der Waals surface area contributed by atoms with Crippen LogP contribution in [0.4, 0.5) is 0 Å². The maximum Gasteiger partial charge on any atom is -0.0143 e. The zero-order chi connectivity index (χ0) is 12.9. The van der Waals surface area contributed by atoms with E-state index in [0.29, 0.717) is 0 Å². The predicted octanol–water partition coefficient (Wildman–Crippen LogP) is 5.23. The molecule has 0 aliphatic rings. The van der Waals surface area contributed by atoms with E-state index in [1.165, 1.54) is 43.8 Å². The van der Waals surface area contributed by atoms with Gasteiger partial charge in [0.05, 0.1) is 0 Å². The first-order valence-electron chi connectivity index (χ1n) is 6.48. The van der Waals surface area contributed by atoms with Gasteiger partial charge in [-0.15, -0.1) is 0 Å². The summed E-state index contributed by atoms with van der Waals surface area (Å²) < 4.78 is 0. The summed E-state index contributed by atoms with van der Waals surface area (Å²) in [6.07, 6.45) is 0. The van der Waals surface area contributed by atoms with Gasteiger partial charge in [-0.2, -0.15) is 0 Å². The van der Waals surface area contributed by atoms with Gasteiger partial charge in [0.15, 0.2) is 0 Å². The van der Waals surface area contributed by atoms with Crippen LogP contribution in [-0.2, 0) is 0 Å². The van der Waals surface area contributed by atoms with E-state index in [-0.39, 0.29) is 0 Å². The van der Waals surface area contributed by atoms with Crippen molar-refractivity contribution < 1.29 is 0 Å². The molecule has 0 spiro atoms. The molecular formula is C18H18. The Morgan fingerprint density at radius 3 is 1.33 bits per heavy atom. The van der Waals surface area contributed by atoms with Gasteiger partial charge in [0.2, 0.25) is 0 Å². The minimum absolute atomic E-state index is 1.33. The number of aryl methyl sites for hydroxylation is 2. The van der Waals surface area contributed by atoms with Gasteiger partial charge in [-0.05, 0) is 83.6 Å². The summed E-state index contributed by atoms with van der Waals surface area (Å²) >= 11 is 0. The van der Waals surface area contributed by atoms with Crippen molar-refractivity contribution in [1.82, 2.24) is 0 Å². The number of rotatable bonds is 0. The third kappa shape index (κ3) is 1.45. The van der Waals surface area contributed by atoms with Gasteiger partial charge in [-0.25, -0.2) is 0 Å².